The lowest BCUT2D eigenvalue weighted by atomic mass is 10.2. The molecular weight excluding hydrogens is 422 g/mol. The molecule has 0 unspecified atom stereocenters. The van der Waals surface area contributed by atoms with E-state index in [0.717, 1.165) is 18.2 Å². The third kappa shape index (κ3) is 5.02. The Morgan fingerprint density at radius 1 is 0.969 bits per heavy atom. The van der Waals surface area contributed by atoms with Crippen molar-refractivity contribution in [2.45, 2.75) is 0 Å². The number of nitro benzene ring substituents is 2. The lowest BCUT2D eigenvalue weighted by molar-refractivity contribution is -0.394. The van der Waals surface area contributed by atoms with Crippen molar-refractivity contribution in [3.05, 3.63) is 92.0 Å². The molecule has 32 heavy (non-hydrogen) atoms. The van der Waals surface area contributed by atoms with Crippen LogP contribution in [0.5, 0.6) is 17.2 Å². The smallest absolute Gasteiger partial charge is 0.335 e. The number of aliphatic imine (C=N–C) groups is 1. The molecule has 0 aliphatic rings. The molecule has 11 heteroatoms. The van der Waals surface area contributed by atoms with Gasteiger partial charge < -0.3 is 14.6 Å². The molecule has 11 nitrogen and oxygen atoms in total. The number of rotatable bonds is 8. The van der Waals surface area contributed by atoms with Crippen LogP contribution in [0.1, 0.15) is 15.9 Å². The molecule has 1 N–H and O–H groups in total. The lowest BCUT2D eigenvalue weighted by Gasteiger charge is -2.11. The number of carbonyl (C=O) groups is 1. The molecule has 0 aromatic heterocycles. The Morgan fingerprint density at radius 2 is 1.72 bits per heavy atom. The van der Waals surface area contributed by atoms with Crippen LogP contribution in [0, 0.1) is 20.2 Å². The molecule has 0 heterocycles. The average molecular weight is 437 g/mol. The zero-order chi connectivity index (χ0) is 23.3. The molecule has 0 aliphatic heterocycles. The first-order valence-electron chi connectivity index (χ1n) is 8.94. The van der Waals surface area contributed by atoms with Gasteiger partial charge in [-0.05, 0) is 48.0 Å². The summed E-state index contributed by atoms with van der Waals surface area (Å²) in [5, 5.41) is 31.2. The molecule has 0 radical (unpaired) electrons. The maximum atomic E-state index is 11.3. The second-order valence-corrected chi connectivity index (χ2v) is 6.29. The molecule has 0 spiro atoms. The third-order valence-electron chi connectivity index (χ3n) is 4.21. The minimum Gasteiger partial charge on any atom is -0.493 e. The van der Waals surface area contributed by atoms with Gasteiger partial charge in [0.1, 0.15) is 0 Å². The number of benzene rings is 3. The Balaban J connectivity index is 1.88. The van der Waals surface area contributed by atoms with Gasteiger partial charge >= 0.3 is 11.7 Å². The molecule has 0 amide bonds. The monoisotopic (exact) mass is 437 g/mol. The number of ether oxygens (including phenoxy) is 2. The van der Waals surface area contributed by atoms with Gasteiger partial charge in [0.25, 0.3) is 5.69 Å². The van der Waals surface area contributed by atoms with E-state index < -0.39 is 27.2 Å². The van der Waals surface area contributed by atoms with E-state index in [9.17, 15) is 25.0 Å². The summed E-state index contributed by atoms with van der Waals surface area (Å²) in [6, 6.07) is 13.8. The number of non-ortho nitro benzene ring substituents is 1. The number of nitrogens with zero attached hydrogens (tertiary/aromatic N) is 3. The molecule has 162 valence electrons. The first-order valence-corrected chi connectivity index (χ1v) is 8.94. The van der Waals surface area contributed by atoms with Crippen molar-refractivity contribution < 1.29 is 29.2 Å². The van der Waals surface area contributed by atoms with Crippen LogP contribution in [0.15, 0.2) is 65.7 Å². The fourth-order valence-corrected chi connectivity index (χ4v) is 2.68. The largest absolute Gasteiger partial charge is 0.493 e. The van der Waals surface area contributed by atoms with E-state index >= 15 is 0 Å². The Morgan fingerprint density at radius 3 is 2.38 bits per heavy atom. The molecule has 0 bridgehead atoms. The second-order valence-electron chi connectivity index (χ2n) is 6.29. The fraction of sp³-hybridized carbons (Fsp3) is 0.0476. The van der Waals surface area contributed by atoms with E-state index in [1.165, 1.54) is 31.5 Å². The summed E-state index contributed by atoms with van der Waals surface area (Å²) >= 11 is 0. The number of carboxylic acids is 1. The van der Waals surface area contributed by atoms with Crippen molar-refractivity contribution in [1.29, 1.82) is 0 Å². The van der Waals surface area contributed by atoms with Crippen molar-refractivity contribution in [3.63, 3.8) is 0 Å². The van der Waals surface area contributed by atoms with E-state index in [2.05, 4.69) is 4.99 Å². The van der Waals surface area contributed by atoms with Gasteiger partial charge in [0.15, 0.2) is 11.5 Å². The first-order chi connectivity index (χ1) is 15.3. The minimum absolute atomic E-state index is 0.102. The van der Waals surface area contributed by atoms with E-state index in [1.807, 2.05) is 0 Å². The third-order valence-corrected chi connectivity index (χ3v) is 4.21. The van der Waals surface area contributed by atoms with E-state index in [-0.39, 0.29) is 22.8 Å². The van der Waals surface area contributed by atoms with E-state index in [1.54, 1.807) is 24.3 Å². The van der Waals surface area contributed by atoms with Crippen molar-refractivity contribution in [1.82, 2.24) is 0 Å². The number of aromatic carboxylic acids is 1. The van der Waals surface area contributed by atoms with Gasteiger partial charge in [-0.3, -0.25) is 25.2 Å². The zero-order valence-electron chi connectivity index (χ0n) is 16.5. The van der Waals surface area contributed by atoms with Crippen LogP contribution in [0.4, 0.5) is 17.1 Å². The quantitative estimate of drug-likeness (QED) is 0.301. The highest BCUT2D eigenvalue weighted by Crippen LogP contribution is 2.38. The average Bonchev–Trinajstić information content (AvgIpc) is 2.78. The fourth-order valence-electron chi connectivity index (χ4n) is 2.68. The molecule has 3 aromatic rings. The van der Waals surface area contributed by atoms with Crippen molar-refractivity contribution in [2.75, 3.05) is 7.11 Å². The van der Waals surface area contributed by atoms with Crippen molar-refractivity contribution in [3.8, 4) is 17.2 Å². The second kappa shape index (κ2) is 9.34. The molecule has 3 aromatic carbocycles. The normalized spacial score (nSPS) is 10.7. The van der Waals surface area contributed by atoms with Crippen LogP contribution >= 0.6 is 0 Å². The van der Waals surface area contributed by atoms with Gasteiger partial charge in [0, 0.05) is 12.3 Å². The topological polar surface area (TPSA) is 154 Å². The van der Waals surface area contributed by atoms with Gasteiger partial charge in [-0.15, -0.1) is 0 Å². The highest BCUT2D eigenvalue weighted by Gasteiger charge is 2.22. The van der Waals surface area contributed by atoms with Crippen LogP contribution < -0.4 is 9.47 Å². The predicted octanol–water partition coefficient (Wildman–Crippen LogP) is 4.75. The van der Waals surface area contributed by atoms with E-state index in [4.69, 9.17) is 14.6 Å². The first kappa shape index (κ1) is 21.9. The van der Waals surface area contributed by atoms with Gasteiger partial charge in [-0.1, -0.05) is 6.07 Å². The van der Waals surface area contributed by atoms with Crippen LogP contribution in [0.25, 0.3) is 0 Å². The summed E-state index contributed by atoms with van der Waals surface area (Å²) < 4.78 is 10.9. The molecule has 0 saturated carbocycles. The highest BCUT2D eigenvalue weighted by atomic mass is 16.6. The summed E-state index contributed by atoms with van der Waals surface area (Å²) in [4.78, 5) is 36.0. The van der Waals surface area contributed by atoms with Crippen LogP contribution in [-0.4, -0.2) is 34.2 Å². The van der Waals surface area contributed by atoms with Gasteiger partial charge in [-0.2, -0.15) is 0 Å². The molecular formula is C21H15N3O8. The number of hydrogen-bond donors (Lipinski definition) is 1. The van der Waals surface area contributed by atoms with Gasteiger partial charge in [0.2, 0.25) is 5.75 Å². The lowest BCUT2D eigenvalue weighted by Crippen LogP contribution is -1.97. The number of methoxy groups -OCH3 is 1. The van der Waals surface area contributed by atoms with Crippen molar-refractivity contribution in [2.24, 2.45) is 4.99 Å². The summed E-state index contributed by atoms with van der Waals surface area (Å²) in [5.74, 6) is -0.869. The molecule has 0 atom stereocenters. The van der Waals surface area contributed by atoms with Crippen molar-refractivity contribution >= 4 is 29.2 Å². The molecule has 0 fully saturated rings. The zero-order valence-corrected chi connectivity index (χ0v) is 16.5. The number of carboxylic acid groups (broad SMARTS) is 1. The molecule has 3 rings (SSSR count). The Kier molecular flexibility index (Phi) is 6.39. The number of hydrogen-bond acceptors (Lipinski definition) is 8. The van der Waals surface area contributed by atoms with Gasteiger partial charge in [0.05, 0.1) is 34.3 Å². The van der Waals surface area contributed by atoms with Crippen LogP contribution in [0.3, 0.4) is 0 Å². The molecule has 0 aliphatic carbocycles. The van der Waals surface area contributed by atoms with Crippen LogP contribution in [0.2, 0.25) is 0 Å². The van der Waals surface area contributed by atoms with Crippen LogP contribution in [-0.2, 0) is 0 Å². The van der Waals surface area contributed by atoms with E-state index in [0.29, 0.717) is 11.3 Å². The highest BCUT2D eigenvalue weighted by molar-refractivity contribution is 5.89. The predicted molar refractivity (Wildman–Crippen MR) is 113 cm³/mol. The Labute approximate surface area is 180 Å². The summed E-state index contributed by atoms with van der Waals surface area (Å²) in [6.07, 6.45) is 1.49. The summed E-state index contributed by atoms with van der Waals surface area (Å²) in [7, 11) is 1.38. The Hall–Kier alpha value is -4.80. The SMILES string of the molecule is COc1cc(C=Nc2cccc(C(=O)O)c2)ccc1Oc1ccc([N+](=O)[O-])cc1[N+](=O)[O-]. The number of nitro groups is 2. The standard InChI is InChI=1S/C21H15N3O8/c1-31-20-9-13(12-22-15-4-2-3-14(10-15)21(25)26)5-7-19(20)32-18-8-6-16(23(27)28)11-17(18)24(29)30/h2-12H,1H3,(H,25,26). The maximum Gasteiger partial charge on any atom is 0.335 e. The Bertz CT molecular complexity index is 1240. The maximum absolute atomic E-state index is 11.3. The molecule has 0 saturated heterocycles. The summed E-state index contributed by atoms with van der Waals surface area (Å²) in [6.45, 7) is 0. The van der Waals surface area contributed by atoms with Gasteiger partial charge in [-0.25, -0.2) is 4.79 Å². The summed E-state index contributed by atoms with van der Waals surface area (Å²) in [5.41, 5.74) is 0.129. The minimum atomic E-state index is -1.06.